The second kappa shape index (κ2) is 8.62. The third kappa shape index (κ3) is 4.41. The van der Waals surface area contributed by atoms with Crippen LogP contribution in [-0.4, -0.2) is 32.3 Å². The Bertz CT molecular complexity index is 1180. The molecule has 1 amide bonds. The summed E-state index contributed by atoms with van der Waals surface area (Å²) in [5, 5.41) is 12.8. The number of thiophene rings is 1. The van der Waals surface area contributed by atoms with Gasteiger partial charge in [0, 0.05) is 17.1 Å². The average molecular weight is 430 g/mol. The van der Waals surface area contributed by atoms with E-state index in [2.05, 4.69) is 16.9 Å². The number of carboxylic acids is 1. The number of thioether (sulfide) groups is 1. The fourth-order valence-corrected chi connectivity index (χ4v) is 4.65. The Kier molecular flexibility index (Phi) is 6.19. The van der Waals surface area contributed by atoms with Crippen LogP contribution in [0.15, 0.2) is 46.9 Å². The van der Waals surface area contributed by atoms with Crippen molar-refractivity contribution in [2.75, 3.05) is 11.1 Å². The molecule has 0 aliphatic heterocycles. The van der Waals surface area contributed by atoms with Gasteiger partial charge >= 0.3 is 5.97 Å². The van der Waals surface area contributed by atoms with Crippen LogP contribution < -0.4 is 10.9 Å². The van der Waals surface area contributed by atoms with Crippen LogP contribution >= 0.6 is 23.1 Å². The molecule has 2 N–H and O–H groups in total. The van der Waals surface area contributed by atoms with Crippen molar-refractivity contribution < 1.29 is 14.7 Å². The second-order valence-corrected chi connectivity index (χ2v) is 8.43. The number of aromatic nitrogens is 2. The van der Waals surface area contributed by atoms with Crippen LogP contribution in [0.3, 0.4) is 0 Å². The topological polar surface area (TPSA) is 101 Å². The number of amides is 1. The van der Waals surface area contributed by atoms with Crippen LogP contribution in [0.4, 0.5) is 5.69 Å². The van der Waals surface area contributed by atoms with E-state index < -0.39 is 5.97 Å². The molecule has 1 aromatic carbocycles. The summed E-state index contributed by atoms with van der Waals surface area (Å²) in [5.41, 5.74) is 1.26. The van der Waals surface area contributed by atoms with Gasteiger partial charge in [-0.05, 0) is 37.6 Å². The fraction of sp³-hybridized carbons (Fsp3) is 0.200. The minimum absolute atomic E-state index is 0.0235. The number of fused-ring (bicyclic) bond motifs is 1. The predicted molar refractivity (Wildman–Crippen MR) is 116 cm³/mol. The Morgan fingerprint density at radius 1 is 1.38 bits per heavy atom. The molecule has 0 radical (unpaired) electrons. The number of hydrogen-bond acceptors (Lipinski definition) is 6. The molecular weight excluding hydrogens is 410 g/mol. The van der Waals surface area contributed by atoms with Gasteiger partial charge in [-0.25, -0.2) is 9.78 Å². The van der Waals surface area contributed by atoms with E-state index in [0.717, 1.165) is 22.2 Å². The van der Waals surface area contributed by atoms with E-state index in [0.29, 0.717) is 27.6 Å². The van der Waals surface area contributed by atoms with Crippen LogP contribution in [-0.2, 0) is 11.3 Å². The molecular formula is C20H19N3O4S2. The average Bonchev–Trinajstić information content (AvgIpc) is 2.97. The Morgan fingerprint density at radius 2 is 2.14 bits per heavy atom. The van der Waals surface area contributed by atoms with E-state index in [9.17, 15) is 14.4 Å². The van der Waals surface area contributed by atoms with Gasteiger partial charge in [0.1, 0.15) is 4.83 Å². The highest BCUT2D eigenvalue weighted by molar-refractivity contribution is 7.99. The molecule has 3 rings (SSSR count). The van der Waals surface area contributed by atoms with Gasteiger partial charge in [-0.3, -0.25) is 14.2 Å². The maximum Gasteiger partial charge on any atom is 0.335 e. The number of aromatic carboxylic acids is 1. The molecule has 0 saturated carbocycles. The third-order valence-corrected chi connectivity index (χ3v) is 6.37. The molecule has 0 fully saturated rings. The van der Waals surface area contributed by atoms with E-state index in [1.54, 1.807) is 18.2 Å². The van der Waals surface area contributed by atoms with Crippen molar-refractivity contribution in [1.29, 1.82) is 0 Å². The number of nitrogens with one attached hydrogen (secondary N) is 1. The van der Waals surface area contributed by atoms with Gasteiger partial charge in [0.15, 0.2) is 5.16 Å². The number of carboxylic acid groups (broad SMARTS) is 1. The van der Waals surface area contributed by atoms with Crippen molar-refractivity contribution in [3.8, 4) is 0 Å². The van der Waals surface area contributed by atoms with Gasteiger partial charge in [0.2, 0.25) is 5.91 Å². The number of carbonyl (C=O) groups is 2. The van der Waals surface area contributed by atoms with Crippen LogP contribution in [0.2, 0.25) is 0 Å². The van der Waals surface area contributed by atoms with E-state index >= 15 is 0 Å². The number of allylic oxidation sites excluding steroid dienone is 1. The quantitative estimate of drug-likeness (QED) is 0.337. The molecule has 0 unspecified atom stereocenters. The van der Waals surface area contributed by atoms with Gasteiger partial charge in [-0.15, -0.1) is 17.9 Å². The van der Waals surface area contributed by atoms with E-state index in [4.69, 9.17) is 5.11 Å². The first-order chi connectivity index (χ1) is 13.8. The second-order valence-electron chi connectivity index (χ2n) is 6.29. The smallest absolute Gasteiger partial charge is 0.335 e. The SMILES string of the molecule is C=CCn1c(SCC(=O)Nc2cccc(C(=O)O)c2)nc2sc(C)c(C)c2c1=O. The van der Waals surface area contributed by atoms with Crippen LogP contribution in [0.1, 0.15) is 20.8 Å². The molecule has 0 aliphatic rings. The molecule has 0 atom stereocenters. The lowest BCUT2D eigenvalue weighted by Gasteiger charge is -2.10. The number of anilines is 1. The number of carbonyl (C=O) groups excluding carboxylic acids is 1. The first kappa shape index (κ1) is 20.8. The first-order valence-electron chi connectivity index (χ1n) is 8.69. The highest BCUT2D eigenvalue weighted by atomic mass is 32.2. The molecule has 9 heteroatoms. The normalized spacial score (nSPS) is 10.8. The molecule has 29 heavy (non-hydrogen) atoms. The minimum atomic E-state index is -1.07. The summed E-state index contributed by atoms with van der Waals surface area (Å²) >= 11 is 2.61. The van der Waals surface area contributed by atoms with Crippen molar-refractivity contribution >= 4 is 50.9 Å². The molecule has 3 aromatic rings. The maximum absolute atomic E-state index is 12.9. The molecule has 2 heterocycles. The van der Waals surface area contributed by atoms with Crippen LogP contribution in [0, 0.1) is 13.8 Å². The monoisotopic (exact) mass is 429 g/mol. The zero-order valence-corrected chi connectivity index (χ0v) is 17.5. The summed E-state index contributed by atoms with van der Waals surface area (Å²) in [5.74, 6) is -1.37. The zero-order chi connectivity index (χ0) is 21.1. The number of hydrogen-bond donors (Lipinski definition) is 2. The highest BCUT2D eigenvalue weighted by Gasteiger charge is 2.17. The van der Waals surface area contributed by atoms with Crippen LogP contribution in [0.25, 0.3) is 10.2 Å². The summed E-state index contributed by atoms with van der Waals surface area (Å²) in [7, 11) is 0. The van der Waals surface area contributed by atoms with Crippen molar-refractivity contribution in [3.05, 3.63) is 63.3 Å². The van der Waals surface area contributed by atoms with E-state index in [-0.39, 0.29) is 22.8 Å². The van der Waals surface area contributed by atoms with Crippen molar-refractivity contribution in [2.45, 2.75) is 25.5 Å². The molecule has 150 valence electrons. The summed E-state index contributed by atoms with van der Waals surface area (Å²) in [4.78, 5) is 42.6. The Labute approximate surface area is 175 Å². The highest BCUT2D eigenvalue weighted by Crippen LogP contribution is 2.28. The van der Waals surface area contributed by atoms with E-state index in [1.807, 2.05) is 13.8 Å². The molecule has 0 bridgehead atoms. The summed E-state index contributed by atoms with van der Waals surface area (Å²) in [6.45, 7) is 7.84. The maximum atomic E-state index is 12.9. The van der Waals surface area contributed by atoms with Crippen molar-refractivity contribution in [3.63, 3.8) is 0 Å². The van der Waals surface area contributed by atoms with Crippen molar-refractivity contribution in [1.82, 2.24) is 9.55 Å². The van der Waals surface area contributed by atoms with Crippen molar-refractivity contribution in [2.24, 2.45) is 0 Å². The molecule has 0 aliphatic carbocycles. The first-order valence-corrected chi connectivity index (χ1v) is 10.5. The number of aryl methyl sites for hydroxylation is 2. The summed E-state index contributed by atoms with van der Waals surface area (Å²) in [6, 6.07) is 6.01. The predicted octanol–water partition coefficient (Wildman–Crippen LogP) is 3.69. The van der Waals surface area contributed by atoms with Gasteiger partial charge < -0.3 is 10.4 Å². The molecule has 2 aromatic heterocycles. The molecule has 7 nitrogen and oxygen atoms in total. The lowest BCUT2D eigenvalue weighted by atomic mass is 10.2. The molecule has 0 saturated heterocycles. The third-order valence-electron chi connectivity index (χ3n) is 4.29. The zero-order valence-electron chi connectivity index (χ0n) is 15.9. The summed E-state index contributed by atoms with van der Waals surface area (Å²) < 4.78 is 1.51. The minimum Gasteiger partial charge on any atom is -0.478 e. The Balaban J connectivity index is 1.82. The van der Waals surface area contributed by atoms with Crippen LogP contribution in [0.5, 0.6) is 0 Å². The largest absolute Gasteiger partial charge is 0.478 e. The Morgan fingerprint density at radius 3 is 2.83 bits per heavy atom. The van der Waals surface area contributed by atoms with Gasteiger partial charge in [-0.1, -0.05) is 23.9 Å². The Hall–Kier alpha value is -2.91. The number of rotatable bonds is 7. The van der Waals surface area contributed by atoms with Gasteiger partial charge in [0.25, 0.3) is 5.56 Å². The number of benzene rings is 1. The lowest BCUT2D eigenvalue weighted by Crippen LogP contribution is -2.23. The number of nitrogens with zero attached hydrogens (tertiary/aromatic N) is 2. The fourth-order valence-electron chi connectivity index (χ4n) is 2.77. The van der Waals surface area contributed by atoms with Gasteiger partial charge in [-0.2, -0.15) is 0 Å². The lowest BCUT2D eigenvalue weighted by molar-refractivity contribution is -0.113. The standard InChI is InChI=1S/C20H19N3O4S2/c1-4-8-23-18(25)16-11(2)12(3)29-17(16)22-20(23)28-10-15(24)21-14-7-5-6-13(9-14)19(26)27/h4-7,9H,1,8,10H2,2-3H3,(H,21,24)(H,26,27). The van der Waals surface area contributed by atoms with Gasteiger partial charge in [0.05, 0.1) is 16.7 Å². The summed E-state index contributed by atoms with van der Waals surface area (Å²) in [6.07, 6.45) is 1.62. The van der Waals surface area contributed by atoms with E-state index in [1.165, 1.54) is 28.0 Å². The molecule has 0 spiro atoms.